The Morgan fingerprint density at radius 2 is 1.04 bits per heavy atom. The molecule has 0 aliphatic carbocycles. The Balaban J connectivity index is 1.11. The molecule has 0 atom stereocenters. The molecule has 4 heterocycles. The minimum absolute atomic E-state index is 0.875. The van der Waals surface area contributed by atoms with Gasteiger partial charge in [-0.15, -0.1) is 0 Å². The first kappa shape index (κ1) is 26.1. The van der Waals surface area contributed by atoms with Gasteiger partial charge in [0.2, 0.25) is 0 Å². The van der Waals surface area contributed by atoms with Gasteiger partial charge in [-0.1, -0.05) is 109 Å². The number of hydrogen-bond donors (Lipinski definition) is 0. The van der Waals surface area contributed by atoms with Gasteiger partial charge in [0.05, 0.1) is 22.2 Å². The number of aromatic nitrogens is 5. The maximum Gasteiger partial charge on any atom is 0.146 e. The van der Waals surface area contributed by atoms with Crippen LogP contribution in [0.4, 0.5) is 0 Å². The summed E-state index contributed by atoms with van der Waals surface area (Å²) in [6.45, 7) is 0. The van der Waals surface area contributed by atoms with Gasteiger partial charge in [-0.3, -0.25) is 8.97 Å². The summed E-state index contributed by atoms with van der Waals surface area (Å²) in [5, 5.41) is 1.08. The van der Waals surface area contributed by atoms with Gasteiger partial charge in [0, 0.05) is 34.0 Å². The second-order valence-electron chi connectivity index (χ2n) is 11.4. The number of fused-ring (bicyclic) bond motifs is 4. The molecule has 0 saturated carbocycles. The lowest BCUT2D eigenvalue weighted by Gasteiger charge is -2.11. The van der Waals surface area contributed by atoms with Crippen molar-refractivity contribution in [2.24, 2.45) is 0 Å². The smallest absolute Gasteiger partial charge is 0.146 e. The van der Waals surface area contributed by atoms with E-state index in [-0.39, 0.29) is 0 Å². The van der Waals surface area contributed by atoms with Gasteiger partial charge in [-0.2, -0.15) is 0 Å². The predicted octanol–water partition coefficient (Wildman–Crippen LogP) is 9.89. The summed E-state index contributed by atoms with van der Waals surface area (Å²) in [6.07, 6.45) is 1.84. The Bertz CT molecular complexity index is 2490. The molecular formula is C41H27N5. The molecule has 5 aromatic carbocycles. The van der Waals surface area contributed by atoms with E-state index in [9.17, 15) is 0 Å². The SMILES string of the molecule is c1ccc(-c2nc(-c3ccc(-c4ccc(-n5c(-c6ccccc6)nc6ccccc65)cc4)cc3)n3c2ccc2cccnc23)cc1. The lowest BCUT2D eigenvalue weighted by Crippen LogP contribution is -1.97. The third-order valence-corrected chi connectivity index (χ3v) is 8.60. The molecule has 4 aromatic heterocycles. The zero-order valence-corrected chi connectivity index (χ0v) is 24.8. The molecule has 46 heavy (non-hydrogen) atoms. The highest BCUT2D eigenvalue weighted by atomic mass is 15.1. The van der Waals surface area contributed by atoms with Crippen molar-refractivity contribution in [3.63, 3.8) is 0 Å². The second kappa shape index (κ2) is 10.7. The fourth-order valence-corrected chi connectivity index (χ4v) is 6.38. The maximum absolute atomic E-state index is 5.19. The van der Waals surface area contributed by atoms with Gasteiger partial charge in [-0.25, -0.2) is 15.0 Å². The van der Waals surface area contributed by atoms with Gasteiger partial charge >= 0.3 is 0 Å². The zero-order valence-electron chi connectivity index (χ0n) is 24.8. The third kappa shape index (κ3) is 4.29. The molecule has 0 N–H and O–H groups in total. The Labute approximate surface area is 265 Å². The zero-order chi connectivity index (χ0) is 30.5. The molecule has 5 nitrogen and oxygen atoms in total. The van der Waals surface area contributed by atoms with Crippen molar-refractivity contribution in [2.75, 3.05) is 0 Å². The molecule has 9 aromatic rings. The molecule has 216 valence electrons. The van der Waals surface area contributed by atoms with E-state index in [4.69, 9.17) is 15.0 Å². The Kier molecular flexibility index (Phi) is 6.06. The number of hydrogen-bond acceptors (Lipinski definition) is 3. The van der Waals surface area contributed by atoms with Gasteiger partial charge in [0.15, 0.2) is 0 Å². The molecule has 0 fully saturated rings. The largest absolute Gasteiger partial charge is 0.292 e. The van der Waals surface area contributed by atoms with E-state index in [1.165, 1.54) is 0 Å². The van der Waals surface area contributed by atoms with E-state index < -0.39 is 0 Å². The average molecular weight is 590 g/mol. The van der Waals surface area contributed by atoms with Crippen molar-refractivity contribution in [2.45, 2.75) is 0 Å². The molecule has 9 rings (SSSR count). The monoisotopic (exact) mass is 589 g/mol. The fraction of sp³-hybridized carbons (Fsp3) is 0. The lowest BCUT2D eigenvalue weighted by atomic mass is 10.0. The van der Waals surface area contributed by atoms with Crippen molar-refractivity contribution in [1.82, 2.24) is 23.9 Å². The van der Waals surface area contributed by atoms with Crippen LogP contribution in [0.3, 0.4) is 0 Å². The normalized spacial score (nSPS) is 11.5. The number of pyridine rings is 2. The number of benzene rings is 5. The van der Waals surface area contributed by atoms with Gasteiger partial charge in [0.25, 0.3) is 0 Å². The van der Waals surface area contributed by atoms with Crippen LogP contribution in [0.25, 0.3) is 78.4 Å². The minimum atomic E-state index is 0.875. The van der Waals surface area contributed by atoms with Gasteiger partial charge < -0.3 is 0 Å². The number of rotatable bonds is 5. The average Bonchev–Trinajstić information content (AvgIpc) is 3.73. The van der Waals surface area contributed by atoms with Crippen molar-refractivity contribution >= 4 is 27.6 Å². The van der Waals surface area contributed by atoms with Crippen LogP contribution in [0, 0.1) is 0 Å². The van der Waals surface area contributed by atoms with Crippen LogP contribution in [-0.4, -0.2) is 23.9 Å². The van der Waals surface area contributed by atoms with Crippen LogP contribution in [0.5, 0.6) is 0 Å². The van der Waals surface area contributed by atoms with Crippen molar-refractivity contribution in [3.8, 4) is 50.8 Å². The van der Waals surface area contributed by atoms with Crippen molar-refractivity contribution in [3.05, 3.63) is 164 Å². The molecule has 0 aliphatic heterocycles. The van der Waals surface area contributed by atoms with Crippen LogP contribution in [-0.2, 0) is 0 Å². The molecule has 0 saturated heterocycles. The van der Waals surface area contributed by atoms with E-state index in [2.05, 4.69) is 142 Å². The topological polar surface area (TPSA) is 48.0 Å². The molecule has 0 radical (unpaired) electrons. The summed E-state index contributed by atoms with van der Waals surface area (Å²) < 4.78 is 4.42. The van der Waals surface area contributed by atoms with Crippen LogP contribution < -0.4 is 0 Å². The number of para-hydroxylation sites is 2. The molecule has 0 spiro atoms. The van der Waals surface area contributed by atoms with Gasteiger partial charge in [-0.05, 0) is 59.7 Å². The van der Waals surface area contributed by atoms with E-state index in [0.717, 1.165) is 78.4 Å². The summed E-state index contributed by atoms with van der Waals surface area (Å²) in [6, 6.07) is 54.7. The lowest BCUT2D eigenvalue weighted by molar-refractivity contribution is 1.10. The van der Waals surface area contributed by atoms with E-state index >= 15 is 0 Å². The van der Waals surface area contributed by atoms with E-state index in [1.807, 2.05) is 30.5 Å². The summed E-state index contributed by atoms with van der Waals surface area (Å²) in [4.78, 5) is 14.9. The van der Waals surface area contributed by atoms with Crippen LogP contribution in [0.2, 0.25) is 0 Å². The summed E-state index contributed by atoms with van der Waals surface area (Å²) in [5.74, 6) is 1.81. The molecule has 0 unspecified atom stereocenters. The van der Waals surface area contributed by atoms with Gasteiger partial charge in [0.1, 0.15) is 17.3 Å². The highest BCUT2D eigenvalue weighted by Gasteiger charge is 2.18. The highest BCUT2D eigenvalue weighted by molar-refractivity contribution is 5.89. The van der Waals surface area contributed by atoms with E-state index in [1.54, 1.807) is 0 Å². The summed E-state index contributed by atoms with van der Waals surface area (Å²) >= 11 is 0. The Morgan fingerprint density at radius 3 is 1.80 bits per heavy atom. The Hall–Kier alpha value is -6.33. The number of nitrogens with zero attached hydrogens (tertiary/aromatic N) is 5. The third-order valence-electron chi connectivity index (χ3n) is 8.60. The summed E-state index contributed by atoms with van der Waals surface area (Å²) in [7, 11) is 0. The molecular weight excluding hydrogens is 562 g/mol. The molecule has 0 amide bonds. The van der Waals surface area contributed by atoms with Crippen LogP contribution in [0.15, 0.2) is 164 Å². The quantitative estimate of drug-likeness (QED) is 0.201. The summed E-state index contributed by atoms with van der Waals surface area (Å²) in [5.41, 5.74) is 11.5. The number of imidazole rings is 2. The first-order chi connectivity index (χ1) is 22.8. The Morgan fingerprint density at radius 1 is 0.413 bits per heavy atom. The van der Waals surface area contributed by atoms with Crippen LogP contribution in [0.1, 0.15) is 0 Å². The predicted molar refractivity (Wildman–Crippen MR) is 187 cm³/mol. The first-order valence-corrected chi connectivity index (χ1v) is 15.4. The second-order valence-corrected chi connectivity index (χ2v) is 11.4. The maximum atomic E-state index is 5.19. The van der Waals surface area contributed by atoms with Crippen molar-refractivity contribution in [1.29, 1.82) is 0 Å². The molecule has 5 heteroatoms. The minimum Gasteiger partial charge on any atom is -0.292 e. The van der Waals surface area contributed by atoms with E-state index in [0.29, 0.717) is 0 Å². The molecule has 0 bridgehead atoms. The fourth-order valence-electron chi connectivity index (χ4n) is 6.38. The van der Waals surface area contributed by atoms with Crippen molar-refractivity contribution < 1.29 is 0 Å². The first-order valence-electron chi connectivity index (χ1n) is 15.4. The highest BCUT2D eigenvalue weighted by Crippen LogP contribution is 2.34. The molecule has 0 aliphatic rings. The standard InChI is InChI=1S/C41H27N5/c1-3-10-30(11-4-1)38-37-26-23-32-14-9-27-42-39(32)46(37)41(44-38)33-19-17-28(18-20-33)29-21-24-34(25-22-29)45-36-16-8-7-15-35(36)43-40(45)31-12-5-2-6-13-31/h1-27H. The van der Waals surface area contributed by atoms with Crippen LogP contribution >= 0.6 is 0 Å².